The van der Waals surface area contributed by atoms with E-state index in [2.05, 4.69) is 77.6 Å². The van der Waals surface area contributed by atoms with E-state index in [1.807, 2.05) is 31.3 Å². The van der Waals surface area contributed by atoms with Crippen molar-refractivity contribution in [1.82, 2.24) is 0 Å². The van der Waals surface area contributed by atoms with E-state index in [0.717, 1.165) is 17.7 Å². The zero-order valence-corrected chi connectivity index (χ0v) is 19.5. The highest BCUT2D eigenvalue weighted by Gasteiger charge is 2.37. The lowest BCUT2D eigenvalue weighted by atomic mass is 9.77. The van der Waals surface area contributed by atoms with Crippen molar-refractivity contribution in [2.24, 2.45) is 10.9 Å². The van der Waals surface area contributed by atoms with Crippen LogP contribution in [0.3, 0.4) is 0 Å². The highest BCUT2D eigenvalue weighted by molar-refractivity contribution is 5.83. The van der Waals surface area contributed by atoms with Gasteiger partial charge in [-0.1, -0.05) is 55.1 Å². The summed E-state index contributed by atoms with van der Waals surface area (Å²) in [6.45, 7) is 6.68. The van der Waals surface area contributed by atoms with Gasteiger partial charge in [0.15, 0.2) is 11.5 Å². The van der Waals surface area contributed by atoms with Crippen molar-refractivity contribution in [1.29, 1.82) is 0 Å². The number of benzene rings is 3. The van der Waals surface area contributed by atoms with Crippen LogP contribution in [0.5, 0.6) is 11.5 Å². The third kappa shape index (κ3) is 4.49. The molecule has 0 aromatic heterocycles. The smallest absolute Gasteiger partial charge is 0.161 e. The minimum Gasteiger partial charge on any atom is -0.490 e. The molecule has 2 aliphatic rings. The number of anilines is 1. The van der Waals surface area contributed by atoms with E-state index in [4.69, 9.17) is 9.47 Å². The number of rotatable bonds is 8. The van der Waals surface area contributed by atoms with Gasteiger partial charge in [0, 0.05) is 17.8 Å². The van der Waals surface area contributed by atoms with Gasteiger partial charge in [0.1, 0.15) is 6.61 Å². The first kappa shape index (κ1) is 22.0. The first-order chi connectivity index (χ1) is 16.8. The van der Waals surface area contributed by atoms with E-state index >= 15 is 0 Å². The minimum absolute atomic E-state index is 0.296. The van der Waals surface area contributed by atoms with Crippen LogP contribution in [0, 0.1) is 5.92 Å². The predicted octanol–water partition coefficient (Wildman–Crippen LogP) is 7.23. The molecule has 3 aromatic rings. The molecule has 4 heteroatoms. The zero-order valence-electron chi connectivity index (χ0n) is 19.5. The van der Waals surface area contributed by atoms with Crippen molar-refractivity contribution in [2.45, 2.75) is 25.3 Å². The van der Waals surface area contributed by atoms with Crippen LogP contribution in [0.1, 0.15) is 42.0 Å². The summed E-state index contributed by atoms with van der Waals surface area (Å²) in [6.07, 6.45) is 9.39. The van der Waals surface area contributed by atoms with Crippen LogP contribution in [0.15, 0.2) is 96.5 Å². The fraction of sp³-hybridized carbons (Fsp3) is 0.233. The maximum Gasteiger partial charge on any atom is 0.161 e. The molecule has 0 radical (unpaired) electrons. The molecule has 3 aromatic carbocycles. The Bertz CT molecular complexity index is 1210. The average Bonchev–Trinajstić information content (AvgIpc) is 3.37. The highest BCUT2D eigenvalue weighted by atomic mass is 16.5. The van der Waals surface area contributed by atoms with Gasteiger partial charge in [-0.2, -0.15) is 0 Å². The maximum absolute atomic E-state index is 5.74. The summed E-state index contributed by atoms with van der Waals surface area (Å²) in [5.74, 6) is 2.46. The molecule has 0 unspecified atom stereocenters. The van der Waals surface area contributed by atoms with Gasteiger partial charge in [-0.3, -0.25) is 4.99 Å². The van der Waals surface area contributed by atoms with E-state index in [1.54, 1.807) is 6.08 Å². The summed E-state index contributed by atoms with van der Waals surface area (Å²) in [6, 6.07) is 23.4. The highest BCUT2D eigenvalue weighted by Crippen LogP contribution is 2.49. The van der Waals surface area contributed by atoms with Crippen LogP contribution in [0.2, 0.25) is 0 Å². The van der Waals surface area contributed by atoms with Crippen LogP contribution in [-0.2, 0) is 0 Å². The molecule has 1 heterocycles. The second-order valence-electron chi connectivity index (χ2n) is 8.65. The second kappa shape index (κ2) is 10.0. The number of nitrogens with one attached hydrogen (secondary N) is 1. The predicted molar refractivity (Wildman–Crippen MR) is 140 cm³/mol. The molecule has 0 bridgehead atoms. The fourth-order valence-corrected chi connectivity index (χ4v) is 4.93. The summed E-state index contributed by atoms with van der Waals surface area (Å²) in [5, 5.41) is 3.79. The van der Waals surface area contributed by atoms with Crippen LogP contribution in [-0.4, -0.2) is 19.4 Å². The Morgan fingerprint density at radius 1 is 1.03 bits per heavy atom. The normalized spacial score (nSPS) is 20.4. The zero-order chi connectivity index (χ0) is 23.3. The molecule has 0 amide bonds. The molecule has 1 aliphatic carbocycles. The van der Waals surface area contributed by atoms with E-state index in [1.165, 1.54) is 16.8 Å². The van der Waals surface area contributed by atoms with Crippen molar-refractivity contribution in [2.75, 3.05) is 18.5 Å². The largest absolute Gasteiger partial charge is 0.490 e. The van der Waals surface area contributed by atoms with Gasteiger partial charge < -0.3 is 14.8 Å². The third-order valence-corrected chi connectivity index (χ3v) is 6.51. The van der Waals surface area contributed by atoms with E-state index < -0.39 is 0 Å². The van der Waals surface area contributed by atoms with Gasteiger partial charge in [0.25, 0.3) is 0 Å². The molecule has 0 fully saturated rings. The number of ether oxygens (including phenoxy) is 2. The molecule has 172 valence electrons. The Morgan fingerprint density at radius 3 is 2.71 bits per heavy atom. The fourth-order valence-electron chi connectivity index (χ4n) is 4.93. The summed E-state index contributed by atoms with van der Waals surface area (Å²) in [5.41, 5.74) is 5.84. The first-order valence-electron chi connectivity index (χ1n) is 11.9. The van der Waals surface area contributed by atoms with Crippen molar-refractivity contribution in [3.63, 3.8) is 0 Å². The van der Waals surface area contributed by atoms with Gasteiger partial charge in [-0.15, -0.1) is 0 Å². The molecule has 34 heavy (non-hydrogen) atoms. The Hall–Kier alpha value is -3.79. The minimum atomic E-state index is 0.296. The summed E-state index contributed by atoms with van der Waals surface area (Å²) in [7, 11) is 0. The number of nitrogens with zero attached hydrogens (tertiary/aromatic N) is 1. The van der Waals surface area contributed by atoms with Crippen molar-refractivity contribution < 1.29 is 9.47 Å². The molecular formula is C30H30N2O2. The van der Waals surface area contributed by atoms with Crippen LogP contribution >= 0.6 is 0 Å². The second-order valence-corrected chi connectivity index (χ2v) is 8.65. The third-order valence-electron chi connectivity index (χ3n) is 6.51. The molecule has 1 N–H and O–H groups in total. The Labute approximate surface area is 201 Å². The number of hydrogen-bond acceptors (Lipinski definition) is 4. The molecule has 5 rings (SSSR count). The maximum atomic E-state index is 5.74. The SMILES string of the molecule is C=CCOc1ccc(C=Nc2ccc([C@@H]3Nc4ccccc4[C@H]4C=CC[C@H]43)cc2)cc1OCC. The van der Waals surface area contributed by atoms with Crippen LogP contribution < -0.4 is 14.8 Å². The molecule has 0 saturated heterocycles. The Balaban J connectivity index is 1.32. The van der Waals surface area contributed by atoms with Crippen molar-refractivity contribution >= 4 is 17.6 Å². The molecular weight excluding hydrogens is 420 g/mol. The topological polar surface area (TPSA) is 42.8 Å². The molecule has 0 spiro atoms. The van der Waals surface area contributed by atoms with Crippen LogP contribution in [0.25, 0.3) is 0 Å². The van der Waals surface area contributed by atoms with Gasteiger partial charge >= 0.3 is 0 Å². The quantitative estimate of drug-likeness (QED) is 0.291. The van der Waals surface area contributed by atoms with Gasteiger partial charge in [-0.05, 0) is 72.4 Å². The number of para-hydroxylation sites is 1. The van der Waals surface area contributed by atoms with E-state index in [9.17, 15) is 0 Å². The van der Waals surface area contributed by atoms with Crippen molar-refractivity contribution in [3.8, 4) is 11.5 Å². The van der Waals surface area contributed by atoms with Gasteiger partial charge in [-0.25, -0.2) is 0 Å². The lowest BCUT2D eigenvalue weighted by Crippen LogP contribution is -2.28. The lowest BCUT2D eigenvalue weighted by Gasteiger charge is -2.37. The van der Waals surface area contributed by atoms with Crippen LogP contribution in [0.4, 0.5) is 11.4 Å². The number of allylic oxidation sites excluding steroid dienone is 2. The number of hydrogen-bond donors (Lipinski definition) is 1. The first-order valence-corrected chi connectivity index (χ1v) is 11.9. The Kier molecular flexibility index (Phi) is 6.48. The average molecular weight is 451 g/mol. The van der Waals surface area contributed by atoms with E-state index in [-0.39, 0.29) is 0 Å². The van der Waals surface area contributed by atoms with Crippen molar-refractivity contribution in [3.05, 3.63) is 108 Å². The Morgan fingerprint density at radius 2 is 1.88 bits per heavy atom. The summed E-state index contributed by atoms with van der Waals surface area (Å²) >= 11 is 0. The standard InChI is InChI=1S/C30H30N2O2/c1-3-18-34-28-17-12-21(19-29(28)33-4-2)20-31-23-15-13-22(14-16-23)30-26-10-7-9-24(26)25-8-5-6-11-27(25)32-30/h3,5-9,11-17,19-20,24,26,30,32H,1,4,10,18H2,2H3/t24-,26-,30+/m1/s1. The monoisotopic (exact) mass is 450 g/mol. The van der Waals surface area contributed by atoms with E-state index in [0.29, 0.717) is 42.6 Å². The summed E-state index contributed by atoms with van der Waals surface area (Å²) in [4.78, 5) is 4.69. The molecule has 4 nitrogen and oxygen atoms in total. The molecule has 0 saturated carbocycles. The molecule has 1 aliphatic heterocycles. The lowest BCUT2D eigenvalue weighted by molar-refractivity contribution is 0.297. The number of fused-ring (bicyclic) bond motifs is 3. The number of aliphatic imine (C=N–C) groups is 1. The van der Waals surface area contributed by atoms with Gasteiger partial charge in [0.2, 0.25) is 0 Å². The molecule has 3 atom stereocenters. The summed E-state index contributed by atoms with van der Waals surface area (Å²) < 4.78 is 11.4. The van der Waals surface area contributed by atoms with Gasteiger partial charge in [0.05, 0.1) is 18.3 Å².